The average molecular weight is 290 g/mol. The molecule has 1 aromatic carbocycles. The summed E-state index contributed by atoms with van der Waals surface area (Å²) in [6, 6.07) is 7.78. The fourth-order valence-corrected chi connectivity index (χ4v) is 2.05. The van der Waals surface area contributed by atoms with Crippen LogP contribution in [0.1, 0.15) is 5.56 Å². The largest absolute Gasteiger partial charge is 0.469 e. The van der Waals surface area contributed by atoms with E-state index >= 15 is 0 Å². The molecule has 18 heavy (non-hydrogen) atoms. The molecule has 1 aromatic rings. The lowest BCUT2D eigenvalue weighted by Gasteiger charge is -2.22. The molecular weight excluding hydrogens is 273 g/mol. The first-order chi connectivity index (χ1) is 8.71. The number of hydrogen-bond donors (Lipinski definition) is 0. The van der Waals surface area contributed by atoms with Crippen LogP contribution in [-0.2, 0) is 16.0 Å². The van der Waals surface area contributed by atoms with Crippen LogP contribution in [0.4, 0.5) is 5.69 Å². The van der Waals surface area contributed by atoms with Gasteiger partial charge in [-0.05, 0) is 17.7 Å². The minimum Gasteiger partial charge on any atom is -0.469 e. The van der Waals surface area contributed by atoms with Crippen LogP contribution in [0, 0.1) is 0 Å². The lowest BCUT2D eigenvalue weighted by Crippen LogP contribution is -2.27. The van der Waals surface area contributed by atoms with Crippen molar-refractivity contribution in [3.63, 3.8) is 0 Å². The zero-order valence-electron chi connectivity index (χ0n) is 10.4. The molecule has 5 heteroatoms. The molecule has 0 saturated heterocycles. The molecule has 0 amide bonds. The summed E-state index contributed by atoms with van der Waals surface area (Å²) in [6.07, 6.45) is 0.293. The van der Waals surface area contributed by atoms with E-state index < -0.39 is 0 Å². The van der Waals surface area contributed by atoms with Gasteiger partial charge in [-0.1, -0.05) is 12.1 Å². The molecule has 0 aliphatic heterocycles. The summed E-state index contributed by atoms with van der Waals surface area (Å²) < 4.78 is 4.62. The Balaban J connectivity index is 2.70. The molecular formula is C13H17Cl2NO2. The molecule has 0 spiro atoms. The lowest BCUT2D eigenvalue weighted by atomic mass is 10.1. The van der Waals surface area contributed by atoms with E-state index in [1.807, 2.05) is 24.3 Å². The van der Waals surface area contributed by atoms with E-state index in [1.165, 1.54) is 7.11 Å². The van der Waals surface area contributed by atoms with Crippen LogP contribution in [0.3, 0.4) is 0 Å². The van der Waals surface area contributed by atoms with Crippen LogP contribution in [0.5, 0.6) is 0 Å². The Morgan fingerprint density at radius 2 is 1.72 bits per heavy atom. The number of carbonyl (C=O) groups excluding carboxylic acids is 1. The third-order valence-electron chi connectivity index (χ3n) is 2.59. The molecule has 0 heterocycles. The maximum atomic E-state index is 11.1. The summed E-state index contributed by atoms with van der Waals surface area (Å²) in [7, 11) is 1.39. The van der Waals surface area contributed by atoms with Crippen molar-refractivity contribution in [3.8, 4) is 0 Å². The number of nitrogens with zero attached hydrogens (tertiary/aromatic N) is 1. The summed E-state index contributed by atoms with van der Waals surface area (Å²) in [5.74, 6) is 0.878. The van der Waals surface area contributed by atoms with E-state index in [9.17, 15) is 4.79 Å². The molecule has 0 saturated carbocycles. The van der Waals surface area contributed by atoms with Crippen molar-refractivity contribution in [1.82, 2.24) is 0 Å². The highest BCUT2D eigenvalue weighted by Gasteiger charge is 2.07. The van der Waals surface area contributed by atoms with Gasteiger partial charge in [-0.25, -0.2) is 0 Å². The Morgan fingerprint density at radius 3 is 2.17 bits per heavy atom. The number of halogens is 2. The SMILES string of the molecule is COC(=O)Cc1ccc(N(CCCl)CCCl)cc1. The first kappa shape index (κ1) is 15.1. The molecule has 3 nitrogen and oxygen atoms in total. The van der Waals surface area contributed by atoms with Gasteiger partial charge in [0.25, 0.3) is 0 Å². The van der Waals surface area contributed by atoms with Gasteiger partial charge in [0.1, 0.15) is 0 Å². The normalized spacial score (nSPS) is 10.2. The monoisotopic (exact) mass is 289 g/mol. The molecule has 0 atom stereocenters. The summed E-state index contributed by atoms with van der Waals surface area (Å²) in [6.45, 7) is 1.51. The number of anilines is 1. The van der Waals surface area contributed by atoms with Crippen LogP contribution in [0.15, 0.2) is 24.3 Å². The molecule has 0 aliphatic carbocycles. The number of benzene rings is 1. The molecule has 0 radical (unpaired) electrons. The molecule has 0 N–H and O–H groups in total. The number of methoxy groups -OCH3 is 1. The highest BCUT2D eigenvalue weighted by Crippen LogP contribution is 2.16. The molecule has 0 aromatic heterocycles. The second-order valence-electron chi connectivity index (χ2n) is 3.78. The Morgan fingerprint density at radius 1 is 1.17 bits per heavy atom. The molecule has 0 fully saturated rings. The van der Waals surface area contributed by atoms with Gasteiger partial charge in [-0.15, -0.1) is 23.2 Å². The van der Waals surface area contributed by atoms with Crippen LogP contribution in [0.2, 0.25) is 0 Å². The zero-order valence-corrected chi connectivity index (χ0v) is 11.9. The van der Waals surface area contributed by atoms with Gasteiger partial charge >= 0.3 is 5.97 Å². The number of ether oxygens (including phenoxy) is 1. The minimum absolute atomic E-state index is 0.235. The van der Waals surface area contributed by atoms with Gasteiger partial charge in [0.05, 0.1) is 13.5 Å². The Kier molecular flexibility index (Phi) is 6.91. The second kappa shape index (κ2) is 8.22. The summed E-state index contributed by atoms with van der Waals surface area (Å²) in [5.41, 5.74) is 1.99. The number of carbonyl (C=O) groups is 1. The van der Waals surface area contributed by atoms with Crippen LogP contribution in [0.25, 0.3) is 0 Å². The first-order valence-electron chi connectivity index (χ1n) is 5.74. The standard InChI is InChI=1S/C13H17Cl2NO2/c1-18-13(17)10-11-2-4-12(5-3-11)16(8-6-14)9-7-15/h2-5H,6-10H2,1H3. The van der Waals surface area contributed by atoms with Gasteiger partial charge in [0.2, 0.25) is 0 Å². The van der Waals surface area contributed by atoms with Crippen molar-refractivity contribution >= 4 is 34.9 Å². The van der Waals surface area contributed by atoms with E-state index in [0.29, 0.717) is 18.2 Å². The third kappa shape index (κ3) is 4.75. The summed E-state index contributed by atoms with van der Waals surface area (Å²) >= 11 is 11.5. The van der Waals surface area contributed by atoms with Crippen LogP contribution >= 0.6 is 23.2 Å². The number of alkyl halides is 2. The Bertz CT molecular complexity index is 362. The minimum atomic E-state index is -0.235. The maximum Gasteiger partial charge on any atom is 0.309 e. The van der Waals surface area contributed by atoms with Crippen molar-refractivity contribution in [1.29, 1.82) is 0 Å². The van der Waals surface area contributed by atoms with Crippen molar-refractivity contribution in [2.45, 2.75) is 6.42 Å². The van der Waals surface area contributed by atoms with Crippen molar-refractivity contribution in [2.24, 2.45) is 0 Å². The van der Waals surface area contributed by atoms with Gasteiger partial charge in [0.15, 0.2) is 0 Å². The lowest BCUT2D eigenvalue weighted by molar-refractivity contribution is -0.139. The van der Waals surface area contributed by atoms with Gasteiger partial charge in [-0.3, -0.25) is 4.79 Å². The van der Waals surface area contributed by atoms with E-state index in [-0.39, 0.29) is 5.97 Å². The van der Waals surface area contributed by atoms with Gasteiger partial charge in [0, 0.05) is 30.5 Å². The van der Waals surface area contributed by atoms with E-state index in [0.717, 1.165) is 24.3 Å². The average Bonchev–Trinajstić information content (AvgIpc) is 2.39. The number of rotatable bonds is 7. The van der Waals surface area contributed by atoms with Crippen molar-refractivity contribution in [3.05, 3.63) is 29.8 Å². The van der Waals surface area contributed by atoms with Gasteiger partial charge in [-0.2, -0.15) is 0 Å². The van der Waals surface area contributed by atoms with Gasteiger partial charge < -0.3 is 9.64 Å². The highest BCUT2D eigenvalue weighted by atomic mass is 35.5. The van der Waals surface area contributed by atoms with Crippen LogP contribution in [-0.4, -0.2) is 37.9 Å². The topological polar surface area (TPSA) is 29.5 Å². The smallest absolute Gasteiger partial charge is 0.309 e. The fraction of sp³-hybridized carbons (Fsp3) is 0.462. The van der Waals surface area contributed by atoms with E-state index in [1.54, 1.807) is 0 Å². The maximum absolute atomic E-state index is 11.1. The molecule has 0 bridgehead atoms. The third-order valence-corrected chi connectivity index (χ3v) is 2.92. The predicted molar refractivity (Wildman–Crippen MR) is 75.8 cm³/mol. The quantitative estimate of drug-likeness (QED) is 0.571. The van der Waals surface area contributed by atoms with Crippen molar-refractivity contribution < 1.29 is 9.53 Å². The van der Waals surface area contributed by atoms with E-state index in [4.69, 9.17) is 23.2 Å². The predicted octanol–water partition coefficient (Wildman–Crippen LogP) is 2.69. The number of hydrogen-bond acceptors (Lipinski definition) is 3. The molecule has 0 unspecified atom stereocenters. The zero-order chi connectivity index (χ0) is 13.4. The second-order valence-corrected chi connectivity index (χ2v) is 4.54. The summed E-state index contributed by atoms with van der Waals surface area (Å²) in [4.78, 5) is 13.3. The van der Waals surface area contributed by atoms with E-state index in [2.05, 4.69) is 9.64 Å². The fourth-order valence-electron chi connectivity index (χ4n) is 1.64. The van der Waals surface area contributed by atoms with Crippen molar-refractivity contribution in [2.75, 3.05) is 36.9 Å². The first-order valence-corrected chi connectivity index (χ1v) is 6.80. The van der Waals surface area contributed by atoms with Crippen LogP contribution < -0.4 is 4.90 Å². The Hall–Kier alpha value is -0.930. The Labute approximate surface area is 118 Å². The molecule has 1 rings (SSSR count). The molecule has 0 aliphatic rings. The highest BCUT2D eigenvalue weighted by molar-refractivity contribution is 6.18. The molecule has 100 valence electrons. The number of esters is 1. The summed E-state index contributed by atoms with van der Waals surface area (Å²) in [5, 5.41) is 0.